The van der Waals surface area contributed by atoms with Crippen molar-refractivity contribution < 1.29 is 4.79 Å². The van der Waals surface area contributed by atoms with E-state index in [0.717, 1.165) is 27.2 Å². The van der Waals surface area contributed by atoms with Crippen LogP contribution in [0.1, 0.15) is 44.9 Å². The van der Waals surface area contributed by atoms with E-state index < -0.39 is 0 Å². The molecule has 126 valence electrons. The van der Waals surface area contributed by atoms with Crippen molar-refractivity contribution in [1.82, 2.24) is 4.98 Å². The highest BCUT2D eigenvalue weighted by atomic mass is 79.9. The number of amides is 1. The zero-order valence-electron chi connectivity index (χ0n) is 13.6. The predicted octanol–water partition coefficient (Wildman–Crippen LogP) is 5.36. The maximum atomic E-state index is 12.7. The molecule has 4 saturated carbocycles. The van der Waals surface area contributed by atoms with Gasteiger partial charge in [0.2, 0.25) is 5.91 Å². The maximum Gasteiger partial charge on any atom is 0.226 e. The summed E-state index contributed by atoms with van der Waals surface area (Å²) in [7, 11) is 0. The van der Waals surface area contributed by atoms with Gasteiger partial charge < -0.3 is 5.32 Å². The van der Waals surface area contributed by atoms with Crippen LogP contribution in [0.25, 0.3) is 10.2 Å². The number of hydrogen-bond acceptors (Lipinski definition) is 3. The van der Waals surface area contributed by atoms with Crippen LogP contribution < -0.4 is 5.32 Å². The number of alkyl halides is 1. The summed E-state index contributed by atoms with van der Waals surface area (Å²) in [6, 6.07) is 8.04. The largest absolute Gasteiger partial charge is 0.302 e. The number of benzene rings is 1. The average Bonchev–Trinajstić information content (AvgIpc) is 2.85. The first-order valence-electron chi connectivity index (χ1n) is 8.85. The summed E-state index contributed by atoms with van der Waals surface area (Å²) in [6.07, 6.45) is 8.31. The third-order valence-corrected chi connectivity index (χ3v) is 8.07. The molecule has 2 unspecified atom stereocenters. The first-order chi connectivity index (χ1) is 11.5. The van der Waals surface area contributed by atoms with Crippen molar-refractivity contribution in [2.24, 2.45) is 17.3 Å². The monoisotopic (exact) mass is 404 g/mol. The van der Waals surface area contributed by atoms with Gasteiger partial charge in [0.15, 0.2) is 5.13 Å². The molecule has 1 aromatic carbocycles. The SMILES string of the molecule is O=C(CC12CC3CC(CC(Br)(C3)C1)C2)Nc1nc2ccccc2s1. The smallest absolute Gasteiger partial charge is 0.226 e. The van der Waals surface area contributed by atoms with Gasteiger partial charge in [0.05, 0.1) is 10.2 Å². The predicted molar refractivity (Wildman–Crippen MR) is 102 cm³/mol. The van der Waals surface area contributed by atoms with Crippen LogP contribution in [0.15, 0.2) is 24.3 Å². The van der Waals surface area contributed by atoms with Crippen molar-refractivity contribution in [2.45, 2.75) is 49.3 Å². The molecule has 5 heteroatoms. The van der Waals surface area contributed by atoms with E-state index in [0.29, 0.717) is 10.7 Å². The molecule has 0 saturated heterocycles. The fourth-order valence-electron chi connectivity index (χ4n) is 5.97. The molecular formula is C19H21BrN2OS. The molecule has 0 spiro atoms. The Balaban J connectivity index is 1.33. The Kier molecular flexibility index (Phi) is 3.37. The fourth-order valence-corrected chi connectivity index (χ4v) is 8.36. The minimum absolute atomic E-state index is 0.145. The lowest BCUT2D eigenvalue weighted by Crippen LogP contribution is -2.53. The van der Waals surface area contributed by atoms with E-state index in [2.05, 4.69) is 32.3 Å². The van der Waals surface area contributed by atoms with Gasteiger partial charge in [0.1, 0.15) is 0 Å². The van der Waals surface area contributed by atoms with Crippen LogP contribution in [0.4, 0.5) is 5.13 Å². The highest BCUT2D eigenvalue weighted by molar-refractivity contribution is 9.10. The highest BCUT2D eigenvalue weighted by Gasteiger charge is 2.57. The van der Waals surface area contributed by atoms with Gasteiger partial charge in [0.25, 0.3) is 0 Å². The molecule has 3 nitrogen and oxygen atoms in total. The molecule has 24 heavy (non-hydrogen) atoms. The number of rotatable bonds is 3. The van der Waals surface area contributed by atoms with Crippen LogP contribution in [-0.4, -0.2) is 15.2 Å². The molecule has 6 rings (SSSR count). The number of hydrogen-bond donors (Lipinski definition) is 1. The van der Waals surface area contributed by atoms with E-state index in [9.17, 15) is 4.79 Å². The number of thiazole rings is 1. The van der Waals surface area contributed by atoms with Crippen molar-refractivity contribution in [2.75, 3.05) is 5.32 Å². The van der Waals surface area contributed by atoms with Crippen molar-refractivity contribution >= 4 is 48.5 Å². The number of nitrogens with one attached hydrogen (secondary N) is 1. The van der Waals surface area contributed by atoms with E-state index in [4.69, 9.17) is 0 Å². The number of carbonyl (C=O) groups is 1. The van der Waals surface area contributed by atoms with E-state index >= 15 is 0 Å². The Morgan fingerprint density at radius 3 is 2.71 bits per heavy atom. The molecule has 4 fully saturated rings. The van der Waals surface area contributed by atoms with Crippen LogP contribution in [0.2, 0.25) is 0 Å². The molecule has 1 aromatic heterocycles. The Morgan fingerprint density at radius 1 is 1.25 bits per heavy atom. The second kappa shape index (κ2) is 5.28. The normalized spacial score (nSPS) is 37.0. The minimum atomic E-state index is 0.145. The molecule has 0 aliphatic heterocycles. The second-order valence-electron chi connectivity index (χ2n) is 8.32. The molecule has 1 amide bonds. The number of anilines is 1. The quantitative estimate of drug-likeness (QED) is 0.699. The highest BCUT2D eigenvalue weighted by Crippen LogP contribution is 2.65. The number of fused-ring (bicyclic) bond motifs is 1. The molecule has 2 aromatic rings. The number of aromatic nitrogens is 1. The Hall–Kier alpha value is -0.940. The third kappa shape index (κ3) is 2.60. The summed E-state index contributed by atoms with van der Waals surface area (Å²) in [4.78, 5) is 17.3. The van der Waals surface area contributed by atoms with Gasteiger partial charge in [0, 0.05) is 10.7 Å². The summed E-state index contributed by atoms with van der Waals surface area (Å²) in [5, 5.41) is 3.81. The molecule has 4 aliphatic carbocycles. The molecule has 4 bridgehead atoms. The number of halogens is 1. The molecule has 0 radical (unpaired) electrons. The summed E-state index contributed by atoms with van der Waals surface area (Å²) < 4.78 is 1.44. The zero-order valence-corrected chi connectivity index (χ0v) is 16.0. The molecular weight excluding hydrogens is 384 g/mol. The lowest BCUT2D eigenvalue weighted by molar-refractivity contribution is -0.123. The van der Waals surface area contributed by atoms with Crippen molar-refractivity contribution in [1.29, 1.82) is 0 Å². The van der Waals surface area contributed by atoms with Crippen molar-refractivity contribution in [3.05, 3.63) is 24.3 Å². The summed E-state index contributed by atoms with van der Waals surface area (Å²) in [5.74, 6) is 1.79. The Bertz CT molecular complexity index is 770. The number of para-hydroxylation sites is 1. The van der Waals surface area contributed by atoms with E-state index in [1.165, 1.54) is 38.5 Å². The van der Waals surface area contributed by atoms with E-state index in [-0.39, 0.29) is 11.3 Å². The first-order valence-corrected chi connectivity index (χ1v) is 10.5. The van der Waals surface area contributed by atoms with E-state index in [1.54, 1.807) is 11.3 Å². The second-order valence-corrected chi connectivity index (χ2v) is 11.0. The molecule has 1 N–H and O–H groups in total. The van der Waals surface area contributed by atoms with Gasteiger partial charge in [-0.2, -0.15) is 0 Å². The molecule has 1 heterocycles. The first kappa shape index (κ1) is 15.3. The Labute approximate surface area is 154 Å². The fraction of sp³-hybridized carbons (Fsp3) is 0.579. The van der Waals surface area contributed by atoms with Crippen LogP contribution in [0, 0.1) is 17.3 Å². The maximum absolute atomic E-state index is 12.7. The lowest BCUT2D eigenvalue weighted by Gasteiger charge is -2.60. The minimum Gasteiger partial charge on any atom is -0.302 e. The van der Waals surface area contributed by atoms with Gasteiger partial charge >= 0.3 is 0 Å². The number of nitrogens with zero attached hydrogens (tertiary/aromatic N) is 1. The van der Waals surface area contributed by atoms with Crippen LogP contribution in [-0.2, 0) is 4.79 Å². The zero-order chi connectivity index (χ0) is 16.4. The average molecular weight is 405 g/mol. The summed E-state index contributed by atoms with van der Waals surface area (Å²) >= 11 is 5.60. The van der Waals surface area contributed by atoms with Gasteiger partial charge in [-0.15, -0.1) is 0 Å². The number of carbonyl (C=O) groups excluding carboxylic acids is 1. The van der Waals surface area contributed by atoms with Crippen LogP contribution in [0.3, 0.4) is 0 Å². The lowest BCUT2D eigenvalue weighted by atomic mass is 9.48. The van der Waals surface area contributed by atoms with Gasteiger partial charge in [-0.1, -0.05) is 39.4 Å². The Morgan fingerprint density at radius 2 is 2.00 bits per heavy atom. The van der Waals surface area contributed by atoms with Gasteiger partial charge in [-0.05, 0) is 67.9 Å². The van der Waals surface area contributed by atoms with Crippen LogP contribution in [0.5, 0.6) is 0 Å². The van der Waals surface area contributed by atoms with Gasteiger partial charge in [-0.25, -0.2) is 4.98 Å². The summed E-state index contributed by atoms with van der Waals surface area (Å²) in [5.41, 5.74) is 1.18. The van der Waals surface area contributed by atoms with E-state index in [1.807, 2.05) is 18.2 Å². The van der Waals surface area contributed by atoms with Crippen molar-refractivity contribution in [3.8, 4) is 0 Å². The van der Waals surface area contributed by atoms with Gasteiger partial charge in [-0.3, -0.25) is 4.79 Å². The van der Waals surface area contributed by atoms with Crippen molar-refractivity contribution in [3.63, 3.8) is 0 Å². The standard InChI is InChI=1S/C19H21BrN2OS/c20-19-8-12-5-13(9-19)7-18(6-12,11-19)10-16(23)22-17-21-14-3-1-2-4-15(14)24-17/h1-4,12-13H,5-11H2,(H,21,22,23). The topological polar surface area (TPSA) is 42.0 Å². The molecule has 2 atom stereocenters. The molecule has 4 aliphatic rings. The van der Waals surface area contributed by atoms with Crippen LogP contribution >= 0.6 is 27.3 Å². The third-order valence-electron chi connectivity index (χ3n) is 6.19. The summed E-state index contributed by atoms with van der Waals surface area (Å²) in [6.45, 7) is 0.